The largest absolute Gasteiger partial charge is 0.481 e. The van der Waals surface area contributed by atoms with E-state index in [9.17, 15) is 14.7 Å². The van der Waals surface area contributed by atoms with E-state index in [0.717, 1.165) is 5.56 Å². The van der Waals surface area contributed by atoms with Crippen molar-refractivity contribution in [2.24, 2.45) is 11.3 Å². The van der Waals surface area contributed by atoms with Gasteiger partial charge in [0.1, 0.15) is 5.41 Å². The Kier molecular flexibility index (Phi) is 4.95. The molecule has 2 aliphatic heterocycles. The van der Waals surface area contributed by atoms with Gasteiger partial charge in [0, 0.05) is 56.7 Å². The maximum absolute atomic E-state index is 12.6. The normalized spacial score (nSPS) is 25.6. The lowest BCUT2D eigenvalue weighted by Crippen LogP contribution is -2.40. The molecule has 140 valence electrons. The van der Waals surface area contributed by atoms with E-state index in [4.69, 9.17) is 0 Å². The van der Waals surface area contributed by atoms with Gasteiger partial charge < -0.3 is 15.3 Å². The number of aromatic nitrogens is 2. The zero-order chi connectivity index (χ0) is 18.9. The summed E-state index contributed by atoms with van der Waals surface area (Å²) in [5.41, 5.74) is -0.143. The molecule has 2 fully saturated rings. The molecule has 3 rings (SSSR count). The molecule has 1 amide bonds. The number of fused-ring (bicyclic) bond motifs is 1. The second-order valence-electron chi connectivity index (χ2n) is 7.40. The van der Waals surface area contributed by atoms with Crippen molar-refractivity contribution in [2.75, 3.05) is 31.5 Å². The molecule has 26 heavy (non-hydrogen) atoms. The Morgan fingerprint density at radius 2 is 2.15 bits per heavy atom. The van der Waals surface area contributed by atoms with Crippen LogP contribution in [0.5, 0.6) is 0 Å². The number of aliphatic carboxylic acids is 1. The Bertz CT molecular complexity index is 705. The van der Waals surface area contributed by atoms with Gasteiger partial charge in [-0.3, -0.25) is 14.5 Å². The Balaban J connectivity index is 1.70. The van der Waals surface area contributed by atoms with E-state index in [1.165, 1.54) is 0 Å². The number of rotatable bonds is 7. The molecule has 1 aromatic rings. The average Bonchev–Trinajstić information content (AvgIpc) is 3.05. The third-order valence-electron chi connectivity index (χ3n) is 5.00. The lowest BCUT2D eigenvalue weighted by atomic mass is 9.81. The smallest absolute Gasteiger partial charge is 0.313 e. The van der Waals surface area contributed by atoms with Crippen LogP contribution in [-0.2, 0) is 16.1 Å². The van der Waals surface area contributed by atoms with Crippen molar-refractivity contribution in [3.05, 3.63) is 30.6 Å². The number of carboxylic acids is 1. The first-order valence-corrected chi connectivity index (χ1v) is 8.78. The minimum Gasteiger partial charge on any atom is -0.481 e. The number of carbonyl (C=O) groups is 2. The second kappa shape index (κ2) is 7.03. The topological polar surface area (TPSA) is 98.7 Å². The fourth-order valence-corrected chi connectivity index (χ4v) is 3.86. The molecule has 2 atom stereocenters. The molecular weight excluding hydrogens is 334 g/mol. The van der Waals surface area contributed by atoms with E-state index >= 15 is 0 Å². The van der Waals surface area contributed by atoms with Crippen LogP contribution in [0.3, 0.4) is 0 Å². The molecule has 0 unspecified atom stereocenters. The number of carbonyl (C=O) groups excluding carboxylic acids is 1. The third kappa shape index (κ3) is 3.29. The van der Waals surface area contributed by atoms with Crippen molar-refractivity contribution >= 4 is 17.8 Å². The zero-order valence-electron chi connectivity index (χ0n) is 15.2. The quantitative estimate of drug-likeness (QED) is 0.696. The molecule has 1 aromatic heterocycles. The summed E-state index contributed by atoms with van der Waals surface area (Å²) in [7, 11) is 0. The summed E-state index contributed by atoms with van der Waals surface area (Å²) in [5.74, 6) is -0.942. The Morgan fingerprint density at radius 3 is 2.69 bits per heavy atom. The van der Waals surface area contributed by atoms with E-state index in [1.807, 2.05) is 18.7 Å². The van der Waals surface area contributed by atoms with Crippen molar-refractivity contribution < 1.29 is 14.7 Å². The fourth-order valence-electron chi connectivity index (χ4n) is 3.86. The van der Waals surface area contributed by atoms with Gasteiger partial charge >= 0.3 is 5.97 Å². The molecule has 3 heterocycles. The van der Waals surface area contributed by atoms with Crippen LogP contribution in [0.4, 0.5) is 5.95 Å². The molecule has 0 aromatic carbocycles. The summed E-state index contributed by atoms with van der Waals surface area (Å²) < 4.78 is 0. The van der Waals surface area contributed by atoms with Gasteiger partial charge in [-0.2, -0.15) is 0 Å². The number of nitrogens with zero attached hydrogens (tertiary/aromatic N) is 4. The molecule has 8 nitrogen and oxygen atoms in total. The Morgan fingerprint density at radius 1 is 1.46 bits per heavy atom. The van der Waals surface area contributed by atoms with Gasteiger partial charge in [-0.25, -0.2) is 9.97 Å². The van der Waals surface area contributed by atoms with Gasteiger partial charge in [0.15, 0.2) is 0 Å². The Labute approximate surface area is 152 Å². The van der Waals surface area contributed by atoms with Crippen molar-refractivity contribution in [3.8, 4) is 0 Å². The number of nitrogens with one attached hydrogen (secondary N) is 1. The lowest BCUT2D eigenvalue weighted by Gasteiger charge is -2.24. The molecule has 0 aliphatic carbocycles. The molecule has 0 spiro atoms. The maximum atomic E-state index is 12.6. The van der Waals surface area contributed by atoms with Gasteiger partial charge in [0.05, 0.1) is 5.92 Å². The van der Waals surface area contributed by atoms with Crippen LogP contribution in [0.2, 0.25) is 0 Å². The molecular formula is C18H25N5O3. The number of hydrogen-bond acceptors (Lipinski definition) is 6. The molecule has 2 aliphatic rings. The van der Waals surface area contributed by atoms with Gasteiger partial charge in [-0.05, 0) is 13.8 Å². The van der Waals surface area contributed by atoms with Crippen LogP contribution < -0.4 is 5.32 Å². The molecule has 2 N–H and O–H groups in total. The second-order valence-corrected chi connectivity index (χ2v) is 7.40. The Hall–Kier alpha value is -2.48. The van der Waals surface area contributed by atoms with E-state index in [-0.39, 0.29) is 18.5 Å². The van der Waals surface area contributed by atoms with Crippen molar-refractivity contribution in [2.45, 2.75) is 26.4 Å². The van der Waals surface area contributed by atoms with Crippen molar-refractivity contribution in [1.82, 2.24) is 19.8 Å². The SMILES string of the molecule is C=CCN1C[C@@]2(C(=O)O)CN(Cc3cnc(NC(C)C)nc3)C[C@H]2C1=O. The number of anilines is 1. The summed E-state index contributed by atoms with van der Waals surface area (Å²) in [5, 5.41) is 12.9. The highest BCUT2D eigenvalue weighted by molar-refractivity contribution is 5.92. The van der Waals surface area contributed by atoms with Gasteiger partial charge in [-0.15, -0.1) is 6.58 Å². The number of carboxylic acid groups (broad SMARTS) is 1. The summed E-state index contributed by atoms with van der Waals surface area (Å²) >= 11 is 0. The highest BCUT2D eigenvalue weighted by atomic mass is 16.4. The monoisotopic (exact) mass is 359 g/mol. The molecule has 0 bridgehead atoms. The minimum absolute atomic E-state index is 0.0949. The maximum Gasteiger partial charge on any atom is 0.313 e. The van der Waals surface area contributed by atoms with E-state index in [2.05, 4.69) is 21.9 Å². The predicted octanol–water partition coefficient (Wildman–Crippen LogP) is 0.828. The van der Waals surface area contributed by atoms with Crippen molar-refractivity contribution in [1.29, 1.82) is 0 Å². The van der Waals surface area contributed by atoms with Gasteiger partial charge in [0.25, 0.3) is 0 Å². The average molecular weight is 359 g/mol. The highest BCUT2D eigenvalue weighted by Crippen LogP contribution is 2.44. The van der Waals surface area contributed by atoms with Crippen LogP contribution in [-0.4, -0.2) is 69.0 Å². The van der Waals surface area contributed by atoms with Crippen molar-refractivity contribution in [3.63, 3.8) is 0 Å². The summed E-state index contributed by atoms with van der Waals surface area (Å²) in [4.78, 5) is 36.7. The minimum atomic E-state index is -1.04. The van der Waals surface area contributed by atoms with E-state index in [1.54, 1.807) is 23.4 Å². The van der Waals surface area contributed by atoms with Gasteiger partial charge in [-0.1, -0.05) is 6.08 Å². The van der Waals surface area contributed by atoms with E-state index < -0.39 is 17.3 Å². The molecule has 2 saturated heterocycles. The van der Waals surface area contributed by atoms with Crippen LogP contribution in [0.15, 0.2) is 25.0 Å². The highest BCUT2D eigenvalue weighted by Gasteiger charge is 2.61. The molecule has 8 heteroatoms. The van der Waals surface area contributed by atoms with Crippen LogP contribution in [0.1, 0.15) is 19.4 Å². The van der Waals surface area contributed by atoms with Crippen LogP contribution >= 0.6 is 0 Å². The number of hydrogen-bond donors (Lipinski definition) is 2. The number of amides is 1. The zero-order valence-corrected chi connectivity index (χ0v) is 15.2. The lowest BCUT2D eigenvalue weighted by molar-refractivity contribution is -0.149. The van der Waals surface area contributed by atoms with Gasteiger partial charge in [0.2, 0.25) is 11.9 Å². The van der Waals surface area contributed by atoms with E-state index in [0.29, 0.717) is 32.1 Å². The third-order valence-corrected chi connectivity index (χ3v) is 5.00. The van der Waals surface area contributed by atoms with Crippen LogP contribution in [0, 0.1) is 11.3 Å². The fraction of sp³-hybridized carbons (Fsp3) is 0.556. The first-order chi connectivity index (χ1) is 12.4. The predicted molar refractivity (Wildman–Crippen MR) is 96.4 cm³/mol. The van der Waals surface area contributed by atoms with Crippen LogP contribution in [0.25, 0.3) is 0 Å². The first kappa shape index (κ1) is 18.3. The standard InChI is InChI=1S/C18H25N5O3/c1-4-5-23-11-18(16(25)26)10-22(9-14(18)15(23)24)8-13-6-19-17(20-7-13)21-12(2)3/h4,6-7,12,14H,1,5,8-11H2,2-3H3,(H,25,26)(H,19,20,21)/t14-,18-/m0/s1. The summed E-state index contributed by atoms with van der Waals surface area (Å²) in [6.45, 7) is 9.61. The molecule has 0 saturated carbocycles. The molecule has 0 radical (unpaired) electrons. The summed E-state index contributed by atoms with van der Waals surface area (Å²) in [6.07, 6.45) is 5.12. The first-order valence-electron chi connectivity index (χ1n) is 8.78. The summed E-state index contributed by atoms with van der Waals surface area (Å²) in [6, 6.07) is 0.249. The number of likely N-dealkylation sites (tertiary alicyclic amines) is 2.